The molecule has 3 nitrogen and oxygen atoms in total. The van der Waals surface area contributed by atoms with E-state index in [0.717, 1.165) is 30.6 Å². The van der Waals surface area contributed by atoms with Gasteiger partial charge in [-0.25, -0.2) is 0 Å². The summed E-state index contributed by atoms with van der Waals surface area (Å²) in [5.41, 5.74) is 4.27. The SMILES string of the molecule is O=C(Cc1ccoc1)c1cccc2c1CCNC2. The lowest BCUT2D eigenvalue weighted by Crippen LogP contribution is -2.25. The standard InChI is InChI=1S/C15H15NO2/c17-15(8-11-5-7-18-10-11)14-3-1-2-12-9-16-6-4-13(12)14/h1-3,5,7,10,16H,4,6,8-9H2. The molecule has 1 aromatic heterocycles. The Hall–Kier alpha value is -1.87. The fourth-order valence-electron chi connectivity index (χ4n) is 2.47. The normalized spacial score (nSPS) is 14.2. The van der Waals surface area contributed by atoms with Crippen LogP contribution in [-0.2, 0) is 19.4 Å². The molecule has 1 aromatic carbocycles. The number of fused-ring (bicyclic) bond motifs is 1. The third-order valence-corrected chi connectivity index (χ3v) is 3.39. The predicted molar refractivity (Wildman–Crippen MR) is 68.6 cm³/mol. The molecular weight excluding hydrogens is 226 g/mol. The van der Waals surface area contributed by atoms with Crippen LogP contribution in [0.3, 0.4) is 0 Å². The Kier molecular flexibility index (Phi) is 2.99. The number of hydrogen-bond acceptors (Lipinski definition) is 3. The minimum absolute atomic E-state index is 0.176. The van der Waals surface area contributed by atoms with Gasteiger partial charge in [-0.05, 0) is 35.7 Å². The van der Waals surface area contributed by atoms with Gasteiger partial charge in [0, 0.05) is 18.5 Å². The summed E-state index contributed by atoms with van der Waals surface area (Å²) in [6.45, 7) is 1.81. The summed E-state index contributed by atoms with van der Waals surface area (Å²) in [6, 6.07) is 7.84. The summed E-state index contributed by atoms with van der Waals surface area (Å²) in [6.07, 6.45) is 4.59. The van der Waals surface area contributed by atoms with Gasteiger partial charge >= 0.3 is 0 Å². The van der Waals surface area contributed by atoms with Crippen molar-refractivity contribution in [2.24, 2.45) is 0 Å². The van der Waals surface area contributed by atoms with E-state index in [9.17, 15) is 4.79 Å². The second-order valence-electron chi connectivity index (χ2n) is 4.60. The third kappa shape index (κ3) is 2.09. The van der Waals surface area contributed by atoms with Crippen molar-refractivity contribution < 1.29 is 9.21 Å². The van der Waals surface area contributed by atoms with Gasteiger partial charge in [-0.2, -0.15) is 0 Å². The molecule has 0 amide bonds. The number of hydrogen-bond donors (Lipinski definition) is 1. The molecule has 0 spiro atoms. The molecule has 3 heteroatoms. The zero-order chi connectivity index (χ0) is 12.4. The Balaban J connectivity index is 1.89. The fourth-order valence-corrected chi connectivity index (χ4v) is 2.47. The second kappa shape index (κ2) is 4.78. The molecule has 1 N–H and O–H groups in total. The molecule has 0 unspecified atom stereocenters. The van der Waals surface area contributed by atoms with E-state index in [4.69, 9.17) is 4.42 Å². The first-order valence-electron chi connectivity index (χ1n) is 6.20. The zero-order valence-electron chi connectivity index (χ0n) is 10.1. The first-order chi connectivity index (χ1) is 8.84. The van der Waals surface area contributed by atoms with Crippen molar-refractivity contribution >= 4 is 5.78 Å². The number of nitrogens with one attached hydrogen (secondary N) is 1. The van der Waals surface area contributed by atoms with Crippen molar-refractivity contribution in [3.63, 3.8) is 0 Å². The third-order valence-electron chi connectivity index (χ3n) is 3.39. The van der Waals surface area contributed by atoms with Crippen LogP contribution in [0.15, 0.2) is 41.2 Å². The predicted octanol–water partition coefficient (Wildman–Crippen LogP) is 2.35. The van der Waals surface area contributed by atoms with Crippen molar-refractivity contribution in [3.05, 3.63) is 59.0 Å². The molecule has 0 atom stereocenters. The van der Waals surface area contributed by atoms with Gasteiger partial charge in [-0.3, -0.25) is 4.79 Å². The van der Waals surface area contributed by atoms with Gasteiger partial charge < -0.3 is 9.73 Å². The van der Waals surface area contributed by atoms with Crippen molar-refractivity contribution in [1.82, 2.24) is 5.32 Å². The van der Waals surface area contributed by atoms with Crippen molar-refractivity contribution in [2.75, 3.05) is 6.54 Å². The molecule has 92 valence electrons. The minimum atomic E-state index is 0.176. The highest BCUT2D eigenvalue weighted by Crippen LogP contribution is 2.20. The summed E-state index contributed by atoms with van der Waals surface area (Å²) < 4.78 is 5.00. The van der Waals surface area contributed by atoms with Crippen molar-refractivity contribution in [2.45, 2.75) is 19.4 Å². The average molecular weight is 241 g/mol. The molecule has 0 radical (unpaired) electrons. The van der Waals surface area contributed by atoms with Crippen LogP contribution in [0.1, 0.15) is 27.0 Å². The van der Waals surface area contributed by atoms with Gasteiger partial charge in [-0.15, -0.1) is 0 Å². The number of Topliss-reactive ketones (excluding diaryl/α,β-unsaturated/α-hetero) is 1. The van der Waals surface area contributed by atoms with Crippen LogP contribution in [0.5, 0.6) is 0 Å². The van der Waals surface area contributed by atoms with Crippen LogP contribution in [0.25, 0.3) is 0 Å². The maximum absolute atomic E-state index is 12.3. The summed E-state index contributed by atoms with van der Waals surface area (Å²) >= 11 is 0. The van der Waals surface area contributed by atoms with Crippen LogP contribution in [0.2, 0.25) is 0 Å². The first kappa shape index (κ1) is 11.2. The highest BCUT2D eigenvalue weighted by atomic mass is 16.3. The molecule has 0 fully saturated rings. The molecule has 0 saturated carbocycles. The topological polar surface area (TPSA) is 42.2 Å². The highest BCUT2D eigenvalue weighted by Gasteiger charge is 2.17. The lowest BCUT2D eigenvalue weighted by molar-refractivity contribution is 0.0991. The van der Waals surface area contributed by atoms with Crippen LogP contribution in [0, 0.1) is 0 Å². The Bertz CT molecular complexity index is 558. The van der Waals surface area contributed by atoms with E-state index in [0.29, 0.717) is 6.42 Å². The van der Waals surface area contributed by atoms with E-state index >= 15 is 0 Å². The van der Waals surface area contributed by atoms with E-state index in [1.807, 2.05) is 18.2 Å². The summed E-state index contributed by atoms with van der Waals surface area (Å²) in [5.74, 6) is 0.176. The average Bonchev–Trinajstić information content (AvgIpc) is 2.91. The molecular formula is C15H15NO2. The molecule has 18 heavy (non-hydrogen) atoms. The number of carbonyl (C=O) groups is 1. The largest absolute Gasteiger partial charge is 0.472 e. The second-order valence-corrected chi connectivity index (χ2v) is 4.60. The molecule has 2 heterocycles. The van der Waals surface area contributed by atoms with Crippen molar-refractivity contribution in [1.29, 1.82) is 0 Å². The highest BCUT2D eigenvalue weighted by molar-refractivity contribution is 5.99. The van der Waals surface area contributed by atoms with E-state index < -0.39 is 0 Å². The number of carbonyl (C=O) groups excluding carboxylic acids is 1. The molecule has 1 aliphatic rings. The van der Waals surface area contributed by atoms with Crippen LogP contribution >= 0.6 is 0 Å². The van der Waals surface area contributed by atoms with E-state index in [-0.39, 0.29) is 5.78 Å². The number of benzene rings is 1. The molecule has 0 aliphatic carbocycles. The molecule has 0 saturated heterocycles. The van der Waals surface area contributed by atoms with E-state index in [1.54, 1.807) is 12.5 Å². The van der Waals surface area contributed by atoms with Gasteiger partial charge in [0.1, 0.15) is 0 Å². The maximum atomic E-state index is 12.3. The minimum Gasteiger partial charge on any atom is -0.472 e. The van der Waals surface area contributed by atoms with Crippen LogP contribution in [0.4, 0.5) is 0 Å². The molecule has 3 rings (SSSR count). The molecule has 2 aromatic rings. The smallest absolute Gasteiger partial charge is 0.167 e. The Labute approximate surface area is 106 Å². The van der Waals surface area contributed by atoms with Gasteiger partial charge in [0.15, 0.2) is 5.78 Å². The van der Waals surface area contributed by atoms with Gasteiger partial charge in [-0.1, -0.05) is 18.2 Å². The van der Waals surface area contributed by atoms with Gasteiger partial charge in [0.05, 0.1) is 12.5 Å². The summed E-state index contributed by atoms with van der Waals surface area (Å²) in [4.78, 5) is 12.3. The number of rotatable bonds is 3. The van der Waals surface area contributed by atoms with Gasteiger partial charge in [0.2, 0.25) is 0 Å². The molecule has 0 bridgehead atoms. The lowest BCUT2D eigenvalue weighted by atomic mass is 9.91. The van der Waals surface area contributed by atoms with Gasteiger partial charge in [0.25, 0.3) is 0 Å². The van der Waals surface area contributed by atoms with E-state index in [1.165, 1.54) is 11.1 Å². The quantitative estimate of drug-likeness (QED) is 0.839. The van der Waals surface area contributed by atoms with E-state index in [2.05, 4.69) is 11.4 Å². The Morgan fingerprint density at radius 2 is 2.28 bits per heavy atom. The maximum Gasteiger partial charge on any atom is 0.167 e. The number of ketones is 1. The van der Waals surface area contributed by atoms with Crippen LogP contribution < -0.4 is 5.32 Å². The Morgan fingerprint density at radius 3 is 3.11 bits per heavy atom. The first-order valence-corrected chi connectivity index (χ1v) is 6.20. The summed E-state index contributed by atoms with van der Waals surface area (Å²) in [5, 5.41) is 3.33. The Morgan fingerprint density at radius 1 is 1.33 bits per heavy atom. The summed E-state index contributed by atoms with van der Waals surface area (Å²) in [7, 11) is 0. The monoisotopic (exact) mass is 241 g/mol. The zero-order valence-corrected chi connectivity index (χ0v) is 10.1. The number of furan rings is 1. The fraction of sp³-hybridized carbons (Fsp3) is 0.267. The van der Waals surface area contributed by atoms with Crippen LogP contribution in [-0.4, -0.2) is 12.3 Å². The lowest BCUT2D eigenvalue weighted by Gasteiger charge is -2.19. The molecule has 1 aliphatic heterocycles. The van der Waals surface area contributed by atoms with Crippen molar-refractivity contribution in [3.8, 4) is 0 Å².